The molecule has 0 bridgehead atoms. The van der Waals surface area contributed by atoms with Crippen LogP contribution in [0.2, 0.25) is 0 Å². The van der Waals surface area contributed by atoms with Gasteiger partial charge in [-0.25, -0.2) is 4.79 Å². The average Bonchev–Trinajstić information content (AvgIpc) is 2.28. The molecule has 1 aromatic carbocycles. The molecule has 0 heterocycles. The topological polar surface area (TPSA) is 66.8 Å². The van der Waals surface area contributed by atoms with Gasteiger partial charge >= 0.3 is 5.97 Å². The second kappa shape index (κ2) is 5.51. The summed E-state index contributed by atoms with van der Waals surface area (Å²) in [5.41, 5.74) is 0.804. The van der Waals surface area contributed by atoms with Crippen LogP contribution < -0.4 is 4.74 Å². The first-order valence-electron chi connectivity index (χ1n) is 5.22. The highest BCUT2D eigenvalue weighted by molar-refractivity contribution is 5.72. The number of benzene rings is 1. The highest BCUT2D eigenvalue weighted by Crippen LogP contribution is 2.20. The number of carbonyl (C=O) groups is 1. The fraction of sp³-hybridized carbons (Fsp3) is 0.417. The summed E-state index contributed by atoms with van der Waals surface area (Å²) in [6, 6.07) is 6.79. The molecule has 16 heavy (non-hydrogen) atoms. The minimum Gasteiger partial charge on any atom is -0.479 e. The molecule has 0 aliphatic heterocycles. The molecular weight excluding hydrogens is 208 g/mol. The normalized spacial score (nSPS) is 14.2. The van der Waals surface area contributed by atoms with Crippen LogP contribution in [0.3, 0.4) is 0 Å². The first-order valence-corrected chi connectivity index (χ1v) is 5.22. The van der Waals surface area contributed by atoms with Gasteiger partial charge in [-0.15, -0.1) is 0 Å². The number of rotatable bonds is 5. The summed E-state index contributed by atoms with van der Waals surface area (Å²) < 4.78 is 5.16. The fourth-order valence-electron chi connectivity index (χ4n) is 1.26. The molecule has 88 valence electrons. The minimum atomic E-state index is -1.00. The Balaban J connectivity index is 2.68. The van der Waals surface area contributed by atoms with Gasteiger partial charge in [0, 0.05) is 0 Å². The van der Waals surface area contributed by atoms with E-state index in [1.165, 1.54) is 6.92 Å². The van der Waals surface area contributed by atoms with Gasteiger partial charge in [0.2, 0.25) is 0 Å². The van der Waals surface area contributed by atoms with E-state index in [0.717, 1.165) is 5.56 Å². The van der Waals surface area contributed by atoms with Crippen LogP contribution in [-0.4, -0.2) is 22.3 Å². The second-order valence-electron chi connectivity index (χ2n) is 3.59. The lowest BCUT2D eigenvalue weighted by Gasteiger charge is -2.12. The van der Waals surface area contributed by atoms with E-state index in [4.69, 9.17) is 9.84 Å². The van der Waals surface area contributed by atoms with Crippen LogP contribution in [0.4, 0.5) is 0 Å². The number of carboxylic acids is 1. The van der Waals surface area contributed by atoms with Crippen molar-refractivity contribution in [3.63, 3.8) is 0 Å². The van der Waals surface area contributed by atoms with E-state index >= 15 is 0 Å². The predicted molar refractivity (Wildman–Crippen MR) is 59.4 cm³/mol. The average molecular weight is 224 g/mol. The molecule has 0 saturated heterocycles. The van der Waals surface area contributed by atoms with Gasteiger partial charge in [-0.1, -0.05) is 19.1 Å². The molecule has 1 unspecified atom stereocenters. The standard InChI is InChI=1S/C12H16O4/c1-3-11(13)9-4-6-10(7-5-9)16-8(2)12(14)15/h4-8,11,13H,3H2,1-2H3,(H,14,15)/t8?,11-/m0/s1. The third-order valence-electron chi connectivity index (χ3n) is 2.31. The summed E-state index contributed by atoms with van der Waals surface area (Å²) in [5.74, 6) is -0.514. The largest absolute Gasteiger partial charge is 0.479 e. The molecule has 0 aliphatic rings. The zero-order valence-corrected chi connectivity index (χ0v) is 9.38. The highest BCUT2D eigenvalue weighted by atomic mass is 16.5. The van der Waals surface area contributed by atoms with Gasteiger partial charge in [-0.3, -0.25) is 0 Å². The Morgan fingerprint density at radius 2 is 1.94 bits per heavy atom. The predicted octanol–water partition coefficient (Wildman–Crippen LogP) is 1.98. The molecule has 0 radical (unpaired) electrons. The lowest BCUT2D eigenvalue weighted by molar-refractivity contribution is -0.144. The molecule has 0 saturated carbocycles. The molecule has 0 amide bonds. The van der Waals surface area contributed by atoms with Crippen LogP contribution in [0.25, 0.3) is 0 Å². The van der Waals surface area contributed by atoms with Crippen molar-refractivity contribution >= 4 is 5.97 Å². The van der Waals surface area contributed by atoms with Gasteiger partial charge in [-0.05, 0) is 31.0 Å². The second-order valence-corrected chi connectivity index (χ2v) is 3.59. The molecule has 0 aliphatic carbocycles. The van der Waals surface area contributed by atoms with Crippen LogP contribution in [0, 0.1) is 0 Å². The molecule has 1 rings (SSSR count). The third kappa shape index (κ3) is 3.24. The maximum atomic E-state index is 10.6. The van der Waals surface area contributed by atoms with E-state index in [1.54, 1.807) is 24.3 Å². The number of carboxylic acid groups (broad SMARTS) is 1. The van der Waals surface area contributed by atoms with Crippen LogP contribution in [0.5, 0.6) is 5.75 Å². The number of hydrogen-bond donors (Lipinski definition) is 2. The summed E-state index contributed by atoms with van der Waals surface area (Å²) in [6.45, 7) is 3.36. The first kappa shape index (κ1) is 12.5. The van der Waals surface area contributed by atoms with E-state index < -0.39 is 18.2 Å². The quantitative estimate of drug-likeness (QED) is 0.802. The van der Waals surface area contributed by atoms with Gasteiger partial charge in [0.1, 0.15) is 5.75 Å². The Kier molecular flexibility index (Phi) is 4.31. The molecule has 2 N–H and O–H groups in total. The van der Waals surface area contributed by atoms with Crippen molar-refractivity contribution in [1.82, 2.24) is 0 Å². The number of ether oxygens (including phenoxy) is 1. The maximum absolute atomic E-state index is 10.6. The van der Waals surface area contributed by atoms with Crippen LogP contribution in [-0.2, 0) is 4.79 Å². The van der Waals surface area contributed by atoms with Gasteiger partial charge in [0.05, 0.1) is 6.10 Å². The summed E-state index contributed by atoms with van der Waals surface area (Å²) in [7, 11) is 0. The van der Waals surface area contributed by atoms with Crippen molar-refractivity contribution in [3.8, 4) is 5.75 Å². The SMILES string of the molecule is CC[C@H](O)c1ccc(OC(C)C(=O)O)cc1. The Morgan fingerprint density at radius 1 is 1.38 bits per heavy atom. The van der Waals surface area contributed by atoms with Gasteiger partial charge in [0.25, 0.3) is 0 Å². The lowest BCUT2D eigenvalue weighted by Crippen LogP contribution is -2.22. The van der Waals surface area contributed by atoms with E-state index in [1.807, 2.05) is 6.92 Å². The van der Waals surface area contributed by atoms with Crippen molar-refractivity contribution in [2.24, 2.45) is 0 Å². The molecule has 4 heteroatoms. The van der Waals surface area contributed by atoms with Crippen molar-refractivity contribution in [2.75, 3.05) is 0 Å². The number of hydrogen-bond acceptors (Lipinski definition) is 3. The van der Waals surface area contributed by atoms with Crippen LogP contribution in [0.15, 0.2) is 24.3 Å². The monoisotopic (exact) mass is 224 g/mol. The van der Waals surface area contributed by atoms with Crippen molar-refractivity contribution in [2.45, 2.75) is 32.5 Å². The third-order valence-corrected chi connectivity index (χ3v) is 2.31. The Bertz CT molecular complexity index is 345. The molecule has 2 atom stereocenters. The van der Waals surface area contributed by atoms with E-state index in [2.05, 4.69) is 0 Å². The van der Waals surface area contributed by atoms with E-state index in [-0.39, 0.29) is 0 Å². The van der Waals surface area contributed by atoms with Crippen molar-refractivity contribution < 1.29 is 19.7 Å². The zero-order chi connectivity index (χ0) is 12.1. The smallest absolute Gasteiger partial charge is 0.344 e. The van der Waals surface area contributed by atoms with Crippen molar-refractivity contribution in [1.29, 1.82) is 0 Å². The van der Waals surface area contributed by atoms with Gasteiger partial charge < -0.3 is 14.9 Å². The van der Waals surface area contributed by atoms with Gasteiger partial charge in [0.15, 0.2) is 6.10 Å². The summed E-state index contributed by atoms with van der Waals surface area (Å²) >= 11 is 0. The van der Waals surface area contributed by atoms with Crippen LogP contribution >= 0.6 is 0 Å². The Labute approximate surface area is 94.5 Å². The molecule has 1 aromatic rings. The fourth-order valence-corrected chi connectivity index (χ4v) is 1.26. The minimum absolute atomic E-state index is 0.481. The van der Waals surface area contributed by atoms with Crippen molar-refractivity contribution in [3.05, 3.63) is 29.8 Å². The Hall–Kier alpha value is -1.55. The Morgan fingerprint density at radius 3 is 2.38 bits per heavy atom. The summed E-state index contributed by atoms with van der Waals surface area (Å²) in [4.78, 5) is 10.6. The summed E-state index contributed by atoms with van der Waals surface area (Å²) in [6.07, 6.45) is -0.709. The molecule has 4 nitrogen and oxygen atoms in total. The number of aliphatic carboxylic acids is 1. The number of aliphatic hydroxyl groups excluding tert-OH is 1. The van der Waals surface area contributed by atoms with E-state index in [0.29, 0.717) is 12.2 Å². The molecular formula is C12H16O4. The highest BCUT2D eigenvalue weighted by Gasteiger charge is 2.12. The summed E-state index contributed by atoms with van der Waals surface area (Å²) in [5, 5.41) is 18.2. The molecule has 0 aromatic heterocycles. The van der Waals surface area contributed by atoms with Crippen LogP contribution in [0.1, 0.15) is 31.9 Å². The zero-order valence-electron chi connectivity index (χ0n) is 9.38. The number of aliphatic hydroxyl groups is 1. The van der Waals surface area contributed by atoms with E-state index in [9.17, 15) is 9.90 Å². The van der Waals surface area contributed by atoms with Gasteiger partial charge in [-0.2, -0.15) is 0 Å². The molecule has 0 spiro atoms. The molecule has 0 fully saturated rings. The first-order chi connectivity index (χ1) is 7.54. The maximum Gasteiger partial charge on any atom is 0.344 e. The lowest BCUT2D eigenvalue weighted by atomic mass is 10.1.